The summed E-state index contributed by atoms with van der Waals surface area (Å²) < 4.78 is 0. The van der Waals surface area contributed by atoms with Crippen LogP contribution in [0.2, 0.25) is 0 Å². The van der Waals surface area contributed by atoms with Gasteiger partial charge in [-0.2, -0.15) is 0 Å². The number of carbonyl (C=O) groups is 2. The topological polar surface area (TPSA) is 69.6 Å². The SMILES string of the molecule is CC(C)Cc1ccc(C(=O)N2C[C@H]3C[C@H](O)[C@@H](NC(=O)C4CCC4)C[C@H]3C2)cc1. The highest BCUT2D eigenvalue weighted by molar-refractivity contribution is 5.94. The molecule has 1 heterocycles. The van der Waals surface area contributed by atoms with Crippen LogP contribution in [0.5, 0.6) is 0 Å². The maximum atomic E-state index is 13.0. The molecule has 5 heteroatoms. The number of likely N-dealkylation sites (tertiary alicyclic amines) is 1. The van der Waals surface area contributed by atoms with Crippen molar-refractivity contribution in [2.75, 3.05) is 13.1 Å². The lowest BCUT2D eigenvalue weighted by Crippen LogP contribution is -2.51. The van der Waals surface area contributed by atoms with Gasteiger partial charge in [-0.15, -0.1) is 0 Å². The van der Waals surface area contributed by atoms with Crippen LogP contribution < -0.4 is 5.32 Å². The molecule has 2 N–H and O–H groups in total. The first-order chi connectivity index (χ1) is 13.9. The fourth-order valence-electron chi connectivity index (χ4n) is 5.16. The summed E-state index contributed by atoms with van der Waals surface area (Å²) in [4.78, 5) is 27.2. The molecule has 3 aliphatic rings. The van der Waals surface area contributed by atoms with Crippen LogP contribution in [-0.4, -0.2) is 47.1 Å². The lowest BCUT2D eigenvalue weighted by molar-refractivity contribution is -0.129. The second kappa shape index (κ2) is 8.47. The summed E-state index contributed by atoms with van der Waals surface area (Å²) >= 11 is 0. The van der Waals surface area contributed by atoms with Gasteiger partial charge >= 0.3 is 0 Å². The van der Waals surface area contributed by atoms with Crippen LogP contribution in [0.4, 0.5) is 0 Å². The number of aliphatic hydroxyl groups excluding tert-OH is 1. The Balaban J connectivity index is 1.35. The predicted octanol–water partition coefficient (Wildman–Crippen LogP) is 3.01. The zero-order chi connectivity index (χ0) is 20.5. The maximum Gasteiger partial charge on any atom is 0.253 e. The van der Waals surface area contributed by atoms with Crippen LogP contribution in [0.1, 0.15) is 61.9 Å². The molecule has 158 valence electrons. The van der Waals surface area contributed by atoms with Crippen molar-refractivity contribution in [3.63, 3.8) is 0 Å². The number of nitrogens with one attached hydrogen (secondary N) is 1. The van der Waals surface area contributed by atoms with Crippen molar-refractivity contribution < 1.29 is 14.7 Å². The molecule has 1 aliphatic heterocycles. The minimum atomic E-state index is -0.509. The van der Waals surface area contributed by atoms with Crippen molar-refractivity contribution in [2.45, 2.75) is 64.5 Å². The van der Waals surface area contributed by atoms with Crippen LogP contribution >= 0.6 is 0 Å². The van der Waals surface area contributed by atoms with E-state index in [9.17, 15) is 14.7 Å². The molecular formula is C24H34N2O3. The fourth-order valence-corrected chi connectivity index (χ4v) is 5.16. The summed E-state index contributed by atoms with van der Waals surface area (Å²) in [6, 6.07) is 7.84. The molecule has 2 amide bonds. The van der Waals surface area contributed by atoms with E-state index in [2.05, 4.69) is 31.3 Å². The molecule has 5 nitrogen and oxygen atoms in total. The van der Waals surface area contributed by atoms with Crippen molar-refractivity contribution in [2.24, 2.45) is 23.7 Å². The van der Waals surface area contributed by atoms with E-state index < -0.39 is 6.10 Å². The van der Waals surface area contributed by atoms with Crippen LogP contribution in [0.15, 0.2) is 24.3 Å². The number of nitrogens with zero attached hydrogens (tertiary/aromatic N) is 1. The standard InChI is InChI=1S/C24H34N2O3/c1-15(2)10-16-6-8-18(9-7-16)24(29)26-13-19-11-21(22(27)12-20(19)14-26)25-23(28)17-4-3-5-17/h6-9,15,17,19-22,27H,3-5,10-14H2,1-2H3,(H,25,28)/t19-,20+,21-,22-/m0/s1. The molecule has 0 bridgehead atoms. The smallest absolute Gasteiger partial charge is 0.253 e. The Kier molecular flexibility index (Phi) is 5.95. The van der Waals surface area contributed by atoms with Gasteiger partial charge in [0.2, 0.25) is 5.91 Å². The van der Waals surface area contributed by atoms with Crippen LogP contribution in [0, 0.1) is 23.7 Å². The third kappa shape index (κ3) is 4.50. The molecule has 4 rings (SSSR count). The van der Waals surface area contributed by atoms with Gasteiger partial charge in [-0.05, 0) is 67.6 Å². The Labute approximate surface area is 173 Å². The second-order valence-electron chi connectivity index (χ2n) is 9.81. The summed E-state index contributed by atoms with van der Waals surface area (Å²) in [6.07, 6.45) is 5.02. The Morgan fingerprint density at radius 2 is 1.76 bits per heavy atom. The largest absolute Gasteiger partial charge is 0.391 e. The van der Waals surface area contributed by atoms with E-state index >= 15 is 0 Å². The van der Waals surface area contributed by atoms with Crippen molar-refractivity contribution in [1.29, 1.82) is 0 Å². The summed E-state index contributed by atoms with van der Waals surface area (Å²) in [7, 11) is 0. The molecule has 2 aliphatic carbocycles. The fraction of sp³-hybridized carbons (Fsp3) is 0.667. The predicted molar refractivity (Wildman–Crippen MR) is 112 cm³/mol. The Morgan fingerprint density at radius 1 is 1.10 bits per heavy atom. The van der Waals surface area contributed by atoms with Gasteiger partial charge in [-0.25, -0.2) is 0 Å². The summed E-state index contributed by atoms with van der Waals surface area (Å²) in [5, 5.41) is 13.7. The lowest BCUT2D eigenvalue weighted by Gasteiger charge is -2.37. The first-order valence-electron chi connectivity index (χ1n) is 11.3. The highest BCUT2D eigenvalue weighted by Gasteiger charge is 2.44. The third-order valence-corrected chi connectivity index (χ3v) is 7.08. The van der Waals surface area contributed by atoms with Gasteiger partial charge < -0.3 is 15.3 Å². The van der Waals surface area contributed by atoms with E-state index in [1.165, 1.54) is 5.56 Å². The van der Waals surface area contributed by atoms with Crippen LogP contribution in [-0.2, 0) is 11.2 Å². The van der Waals surface area contributed by atoms with Gasteiger partial charge in [0.15, 0.2) is 0 Å². The molecule has 1 saturated heterocycles. The van der Waals surface area contributed by atoms with Crippen molar-refractivity contribution in [3.8, 4) is 0 Å². The number of benzene rings is 1. The molecule has 2 saturated carbocycles. The van der Waals surface area contributed by atoms with Crippen molar-refractivity contribution >= 4 is 11.8 Å². The number of aliphatic hydroxyl groups is 1. The van der Waals surface area contributed by atoms with E-state index in [1.54, 1.807) is 0 Å². The molecule has 29 heavy (non-hydrogen) atoms. The first-order valence-corrected chi connectivity index (χ1v) is 11.3. The minimum absolute atomic E-state index is 0.0834. The Morgan fingerprint density at radius 3 is 2.34 bits per heavy atom. The summed E-state index contributed by atoms with van der Waals surface area (Å²) in [6.45, 7) is 5.82. The van der Waals surface area contributed by atoms with Gasteiger partial charge in [0.25, 0.3) is 5.91 Å². The van der Waals surface area contributed by atoms with E-state index in [4.69, 9.17) is 0 Å². The molecule has 1 aromatic rings. The number of hydrogen-bond acceptors (Lipinski definition) is 3. The molecule has 1 aromatic carbocycles. The quantitative estimate of drug-likeness (QED) is 0.801. The zero-order valence-corrected chi connectivity index (χ0v) is 17.6. The van der Waals surface area contributed by atoms with Gasteiger partial charge in [0, 0.05) is 24.6 Å². The zero-order valence-electron chi connectivity index (χ0n) is 17.6. The summed E-state index contributed by atoms with van der Waals surface area (Å²) in [5.41, 5.74) is 2.01. The van der Waals surface area contributed by atoms with Gasteiger partial charge in [0.05, 0.1) is 12.1 Å². The second-order valence-corrected chi connectivity index (χ2v) is 9.81. The monoisotopic (exact) mass is 398 g/mol. The highest BCUT2D eigenvalue weighted by atomic mass is 16.3. The maximum absolute atomic E-state index is 13.0. The average Bonchev–Trinajstić information content (AvgIpc) is 3.02. The molecule has 0 aromatic heterocycles. The van der Waals surface area contributed by atoms with Gasteiger partial charge in [0.1, 0.15) is 0 Å². The molecule has 0 radical (unpaired) electrons. The summed E-state index contributed by atoms with van der Waals surface area (Å²) in [5.74, 6) is 1.61. The average molecular weight is 399 g/mol. The lowest BCUT2D eigenvalue weighted by atomic mass is 9.77. The number of carbonyl (C=O) groups excluding carboxylic acids is 2. The molecule has 4 atom stereocenters. The highest BCUT2D eigenvalue weighted by Crippen LogP contribution is 2.37. The van der Waals surface area contributed by atoms with Crippen molar-refractivity contribution in [1.82, 2.24) is 10.2 Å². The van der Waals surface area contributed by atoms with E-state index in [-0.39, 0.29) is 23.8 Å². The van der Waals surface area contributed by atoms with Gasteiger partial charge in [-0.1, -0.05) is 32.4 Å². The first kappa shape index (κ1) is 20.4. The van der Waals surface area contributed by atoms with E-state index in [0.29, 0.717) is 30.7 Å². The van der Waals surface area contributed by atoms with E-state index in [0.717, 1.165) is 44.2 Å². The minimum Gasteiger partial charge on any atom is -0.391 e. The normalized spacial score (nSPS) is 29.4. The van der Waals surface area contributed by atoms with Crippen molar-refractivity contribution in [3.05, 3.63) is 35.4 Å². The van der Waals surface area contributed by atoms with Gasteiger partial charge in [-0.3, -0.25) is 9.59 Å². The third-order valence-electron chi connectivity index (χ3n) is 7.08. The molecule has 0 unspecified atom stereocenters. The number of amides is 2. The molecule has 3 fully saturated rings. The Bertz CT molecular complexity index is 741. The number of rotatable bonds is 5. The van der Waals surface area contributed by atoms with E-state index in [1.807, 2.05) is 17.0 Å². The number of hydrogen-bond donors (Lipinski definition) is 2. The van der Waals surface area contributed by atoms with Crippen LogP contribution in [0.25, 0.3) is 0 Å². The molecule has 0 spiro atoms. The Hall–Kier alpha value is -1.88. The molecular weight excluding hydrogens is 364 g/mol. The van der Waals surface area contributed by atoms with Crippen LogP contribution in [0.3, 0.4) is 0 Å². The number of fused-ring (bicyclic) bond motifs is 1.